The lowest BCUT2D eigenvalue weighted by Gasteiger charge is -1.93. The van der Waals surface area contributed by atoms with Crippen LogP contribution < -0.4 is 0 Å². The van der Waals surface area contributed by atoms with Gasteiger partial charge in [-0.1, -0.05) is 31.9 Å². The van der Waals surface area contributed by atoms with E-state index in [1.54, 1.807) is 0 Å². The molecule has 0 saturated heterocycles. The maximum atomic E-state index is 3.33. The third-order valence-electron chi connectivity index (χ3n) is 0.948. The average molecular weight is 249 g/mol. The standard InChI is InChI=1S/C7H5Br2/c1-5-2-6(8)4-7(9)3-5/h2-3H,1H3. The summed E-state index contributed by atoms with van der Waals surface area (Å²) in [4.78, 5) is 0. The smallest absolute Gasteiger partial charge is 0.0268 e. The van der Waals surface area contributed by atoms with Crippen LogP contribution in [0.4, 0.5) is 0 Å². The van der Waals surface area contributed by atoms with Crippen molar-refractivity contribution in [3.05, 3.63) is 32.7 Å². The van der Waals surface area contributed by atoms with E-state index < -0.39 is 0 Å². The van der Waals surface area contributed by atoms with E-state index in [4.69, 9.17) is 0 Å². The molecule has 0 saturated carbocycles. The lowest BCUT2D eigenvalue weighted by molar-refractivity contribution is 1.42. The molecular weight excluding hydrogens is 244 g/mol. The summed E-state index contributed by atoms with van der Waals surface area (Å²) in [5.74, 6) is 0. The molecule has 0 aliphatic rings. The maximum Gasteiger partial charge on any atom is 0.0268 e. The molecular formula is C7H5Br2. The van der Waals surface area contributed by atoms with Gasteiger partial charge in [-0.15, -0.1) is 0 Å². The van der Waals surface area contributed by atoms with Gasteiger partial charge in [-0.3, -0.25) is 0 Å². The maximum absolute atomic E-state index is 3.33. The zero-order valence-corrected chi connectivity index (χ0v) is 8.08. The summed E-state index contributed by atoms with van der Waals surface area (Å²) in [6.45, 7) is 2.04. The fourth-order valence-corrected chi connectivity index (χ4v) is 2.04. The van der Waals surface area contributed by atoms with Gasteiger partial charge in [0.1, 0.15) is 0 Å². The first-order valence-electron chi connectivity index (χ1n) is 2.53. The van der Waals surface area contributed by atoms with Crippen molar-refractivity contribution in [1.29, 1.82) is 0 Å². The van der Waals surface area contributed by atoms with Crippen LogP contribution in [0.5, 0.6) is 0 Å². The van der Waals surface area contributed by atoms with E-state index in [1.165, 1.54) is 5.56 Å². The molecule has 0 heterocycles. The molecule has 47 valence electrons. The molecule has 0 bridgehead atoms. The van der Waals surface area contributed by atoms with Gasteiger partial charge in [0.15, 0.2) is 0 Å². The lowest BCUT2D eigenvalue weighted by Crippen LogP contribution is -1.72. The minimum absolute atomic E-state index is 0.995. The van der Waals surface area contributed by atoms with Crippen molar-refractivity contribution in [2.45, 2.75) is 6.92 Å². The topological polar surface area (TPSA) is 0 Å². The van der Waals surface area contributed by atoms with Gasteiger partial charge < -0.3 is 0 Å². The van der Waals surface area contributed by atoms with Crippen molar-refractivity contribution in [3.8, 4) is 0 Å². The Bertz CT molecular complexity index is 168. The molecule has 0 amide bonds. The van der Waals surface area contributed by atoms with E-state index in [0.29, 0.717) is 0 Å². The van der Waals surface area contributed by atoms with Gasteiger partial charge in [0.05, 0.1) is 0 Å². The molecule has 0 atom stereocenters. The van der Waals surface area contributed by atoms with Gasteiger partial charge >= 0.3 is 0 Å². The highest BCUT2D eigenvalue weighted by Crippen LogP contribution is 2.18. The zero-order chi connectivity index (χ0) is 6.85. The number of rotatable bonds is 0. The van der Waals surface area contributed by atoms with Gasteiger partial charge in [0.25, 0.3) is 0 Å². The summed E-state index contributed by atoms with van der Waals surface area (Å²) in [6, 6.07) is 7.08. The highest BCUT2D eigenvalue weighted by molar-refractivity contribution is 9.11. The van der Waals surface area contributed by atoms with Gasteiger partial charge in [-0.2, -0.15) is 0 Å². The Morgan fingerprint density at radius 2 is 1.67 bits per heavy atom. The summed E-state index contributed by atoms with van der Waals surface area (Å²) in [6.07, 6.45) is 0. The van der Waals surface area contributed by atoms with Crippen LogP contribution in [0.3, 0.4) is 0 Å². The SMILES string of the molecule is Cc1cc(Br)[c]c(Br)c1. The molecule has 0 fully saturated rings. The molecule has 0 unspecified atom stereocenters. The Morgan fingerprint density at radius 3 is 2.00 bits per heavy atom. The van der Waals surface area contributed by atoms with Crippen LogP contribution in [0.1, 0.15) is 5.56 Å². The van der Waals surface area contributed by atoms with Crippen molar-refractivity contribution < 1.29 is 0 Å². The molecule has 1 aromatic carbocycles. The minimum Gasteiger partial charge on any atom is -0.0501 e. The van der Waals surface area contributed by atoms with Crippen molar-refractivity contribution in [3.63, 3.8) is 0 Å². The molecule has 0 aliphatic carbocycles. The molecule has 2 heteroatoms. The largest absolute Gasteiger partial charge is 0.0501 e. The number of hydrogen-bond donors (Lipinski definition) is 0. The quantitative estimate of drug-likeness (QED) is 0.661. The van der Waals surface area contributed by atoms with Crippen LogP contribution in [-0.4, -0.2) is 0 Å². The van der Waals surface area contributed by atoms with Crippen molar-refractivity contribution in [2.75, 3.05) is 0 Å². The predicted octanol–water partition coefficient (Wildman–Crippen LogP) is 3.32. The van der Waals surface area contributed by atoms with E-state index in [0.717, 1.165) is 8.95 Å². The van der Waals surface area contributed by atoms with Crippen LogP contribution in [0, 0.1) is 13.0 Å². The molecule has 9 heavy (non-hydrogen) atoms. The van der Waals surface area contributed by atoms with E-state index in [1.807, 2.05) is 19.1 Å². The zero-order valence-electron chi connectivity index (χ0n) is 4.91. The Kier molecular flexibility index (Phi) is 2.30. The average Bonchev–Trinajstić information content (AvgIpc) is 1.59. The first-order valence-corrected chi connectivity index (χ1v) is 4.12. The van der Waals surface area contributed by atoms with Crippen molar-refractivity contribution in [2.24, 2.45) is 0 Å². The molecule has 1 aromatic rings. The van der Waals surface area contributed by atoms with Gasteiger partial charge in [0, 0.05) is 15.0 Å². The third-order valence-corrected chi connectivity index (χ3v) is 1.80. The van der Waals surface area contributed by atoms with E-state index in [2.05, 4.69) is 37.9 Å². The second-order valence-electron chi connectivity index (χ2n) is 1.85. The molecule has 0 N–H and O–H groups in total. The van der Waals surface area contributed by atoms with Gasteiger partial charge in [-0.05, 0) is 24.6 Å². The molecule has 0 aromatic heterocycles. The molecule has 0 nitrogen and oxygen atoms in total. The molecule has 0 spiro atoms. The summed E-state index contributed by atoms with van der Waals surface area (Å²) >= 11 is 6.65. The van der Waals surface area contributed by atoms with Crippen LogP contribution in [0.2, 0.25) is 0 Å². The Balaban J connectivity index is 3.17. The number of hydrogen-bond acceptors (Lipinski definition) is 0. The summed E-state index contributed by atoms with van der Waals surface area (Å²) in [5.41, 5.74) is 1.23. The summed E-state index contributed by atoms with van der Waals surface area (Å²) < 4.78 is 1.99. The lowest BCUT2D eigenvalue weighted by atomic mass is 10.2. The Labute approximate surface area is 71.5 Å². The van der Waals surface area contributed by atoms with E-state index in [9.17, 15) is 0 Å². The molecule has 0 aliphatic heterocycles. The fourth-order valence-electron chi connectivity index (χ4n) is 0.628. The van der Waals surface area contributed by atoms with Crippen molar-refractivity contribution in [1.82, 2.24) is 0 Å². The fraction of sp³-hybridized carbons (Fsp3) is 0.143. The second kappa shape index (κ2) is 2.84. The summed E-state index contributed by atoms with van der Waals surface area (Å²) in [7, 11) is 0. The number of halogens is 2. The monoisotopic (exact) mass is 247 g/mol. The number of benzene rings is 1. The van der Waals surface area contributed by atoms with Crippen LogP contribution in [0.15, 0.2) is 21.1 Å². The van der Waals surface area contributed by atoms with Crippen LogP contribution >= 0.6 is 31.9 Å². The third kappa shape index (κ3) is 2.11. The van der Waals surface area contributed by atoms with E-state index >= 15 is 0 Å². The van der Waals surface area contributed by atoms with Crippen LogP contribution in [0.25, 0.3) is 0 Å². The van der Waals surface area contributed by atoms with Gasteiger partial charge in [0.2, 0.25) is 0 Å². The van der Waals surface area contributed by atoms with Crippen molar-refractivity contribution >= 4 is 31.9 Å². The Morgan fingerprint density at radius 1 is 1.22 bits per heavy atom. The highest BCUT2D eigenvalue weighted by Gasteiger charge is 1.91. The highest BCUT2D eigenvalue weighted by atomic mass is 79.9. The first-order chi connectivity index (χ1) is 4.18. The van der Waals surface area contributed by atoms with E-state index in [-0.39, 0.29) is 0 Å². The summed E-state index contributed by atoms with van der Waals surface area (Å²) in [5, 5.41) is 0. The minimum atomic E-state index is 0.995. The molecule has 1 rings (SSSR count). The predicted molar refractivity (Wildman–Crippen MR) is 45.4 cm³/mol. The normalized spacial score (nSPS) is 9.67. The first kappa shape index (κ1) is 7.29. The number of aryl methyl sites for hydroxylation is 1. The van der Waals surface area contributed by atoms with Crippen LogP contribution in [-0.2, 0) is 0 Å². The molecule has 1 radical (unpaired) electrons. The Hall–Kier alpha value is 0.180. The second-order valence-corrected chi connectivity index (χ2v) is 3.56. The van der Waals surface area contributed by atoms with Gasteiger partial charge in [-0.25, -0.2) is 0 Å².